The van der Waals surface area contributed by atoms with Crippen molar-refractivity contribution in [2.75, 3.05) is 13.2 Å². The minimum atomic E-state index is -6.44. The molecule has 37 heavy (non-hydrogen) atoms. The van der Waals surface area contributed by atoms with Crippen molar-refractivity contribution in [2.24, 2.45) is 0 Å². The number of rotatable bonds is 7. The molecule has 0 unspecified atom stereocenters. The van der Waals surface area contributed by atoms with E-state index >= 15 is 0 Å². The van der Waals surface area contributed by atoms with Crippen LogP contribution in [0.3, 0.4) is 0 Å². The highest BCUT2D eigenvalue weighted by atomic mass is 28.5. The minimum Gasteiger partial charge on any atom is -0.464 e. The van der Waals surface area contributed by atoms with Gasteiger partial charge in [-0.15, -0.1) is 0 Å². The summed E-state index contributed by atoms with van der Waals surface area (Å²) in [5.41, 5.74) is 0. The van der Waals surface area contributed by atoms with E-state index in [1.54, 1.807) is 6.55 Å². The zero-order chi connectivity index (χ0) is 29.4. The Morgan fingerprint density at radius 2 is 1.00 bits per heavy atom. The Morgan fingerprint density at radius 1 is 0.649 bits per heavy atom. The predicted molar refractivity (Wildman–Crippen MR) is 129 cm³/mol. The van der Waals surface area contributed by atoms with Crippen LogP contribution < -0.4 is 0 Å². The van der Waals surface area contributed by atoms with E-state index < -0.39 is 80.2 Å². The average molecular weight is 641 g/mol. The summed E-state index contributed by atoms with van der Waals surface area (Å²) in [7, 11) is -13.9. The average Bonchev–Trinajstić information content (AvgIpc) is 2.55. The Kier molecular flexibility index (Phi) is 10.7. The molecular formula is C17H35F7O8Si5. The van der Waals surface area contributed by atoms with E-state index in [2.05, 4.69) is 9.47 Å². The fourth-order valence-corrected chi connectivity index (χ4v) is 31.0. The molecule has 0 atom stereocenters. The van der Waals surface area contributed by atoms with Crippen molar-refractivity contribution in [1.82, 2.24) is 0 Å². The molecule has 0 N–H and O–H groups in total. The third-order valence-corrected chi connectivity index (χ3v) is 25.0. The van der Waals surface area contributed by atoms with E-state index in [1.165, 1.54) is 0 Å². The molecule has 0 aromatic carbocycles. The van der Waals surface area contributed by atoms with Gasteiger partial charge in [-0.25, -0.2) is 4.79 Å². The summed E-state index contributed by atoms with van der Waals surface area (Å²) in [6.45, 7) is 14.4. The molecule has 0 aromatic rings. The quantitative estimate of drug-likeness (QED) is 0.152. The van der Waals surface area contributed by atoms with E-state index in [-0.39, 0.29) is 12.5 Å². The third kappa shape index (κ3) is 10.7. The van der Waals surface area contributed by atoms with Crippen molar-refractivity contribution in [3.63, 3.8) is 0 Å². The van der Waals surface area contributed by atoms with E-state index in [0.717, 1.165) is 0 Å². The van der Waals surface area contributed by atoms with Crippen LogP contribution in [0.1, 0.15) is 6.42 Å². The van der Waals surface area contributed by atoms with Crippen molar-refractivity contribution >= 4 is 48.8 Å². The van der Waals surface area contributed by atoms with E-state index in [1.807, 2.05) is 52.4 Å². The summed E-state index contributed by atoms with van der Waals surface area (Å²) in [5.74, 6) is -7.59. The number of ether oxygens (including phenoxy) is 2. The van der Waals surface area contributed by atoms with Crippen molar-refractivity contribution in [2.45, 2.75) is 89.6 Å². The normalized spacial score (nSPS) is 23.8. The Morgan fingerprint density at radius 3 is 1.35 bits per heavy atom. The topological polar surface area (TPSA) is 81.7 Å². The first-order valence-corrected chi connectivity index (χ1v) is 25.1. The molecule has 20 heteroatoms. The number of halogens is 7. The molecular weight excluding hydrogens is 606 g/mol. The number of esters is 1. The summed E-state index contributed by atoms with van der Waals surface area (Å²) in [4.78, 5) is 11.7. The summed E-state index contributed by atoms with van der Waals surface area (Å²) < 4.78 is 128. The SMILES string of the molecule is C[Si]1(C)O[Si](C)(C)O[Si](C)(C)O[Si](C)(CCCOC(=O)COC(F)(C(F)(F)F)C(F)(F)F)O[Si](C)(C)O1. The first-order valence-electron chi connectivity index (χ1n) is 11.3. The molecule has 220 valence electrons. The van der Waals surface area contributed by atoms with Crippen LogP contribution in [-0.4, -0.2) is 80.2 Å². The Bertz CT molecular complexity index is 764. The fraction of sp³-hybridized carbons (Fsp3) is 0.941. The number of carbonyl (C=O) groups excluding carboxylic acids is 1. The molecule has 0 radical (unpaired) electrons. The zero-order valence-electron chi connectivity index (χ0n) is 22.2. The van der Waals surface area contributed by atoms with Crippen LogP contribution >= 0.6 is 0 Å². The van der Waals surface area contributed by atoms with E-state index in [4.69, 9.17) is 20.6 Å². The van der Waals surface area contributed by atoms with Crippen molar-refractivity contribution < 1.29 is 65.6 Å². The standard InChI is InChI=1S/C17H35F7O8Si5/c1-33(2)28-34(3,4)30-36(7,8)32-37(9,31-35(5,6)29-33)12-10-11-26-14(25)13-27-15(18,16(19,20)21)17(22,23)24/h10-13H2,1-9H3. The molecule has 1 saturated heterocycles. The van der Waals surface area contributed by atoms with Crippen LogP contribution in [-0.2, 0) is 34.8 Å². The predicted octanol–water partition coefficient (Wildman–Crippen LogP) is 5.70. The molecule has 0 bridgehead atoms. The fourth-order valence-electron chi connectivity index (χ4n) is 4.13. The molecule has 1 aliphatic rings. The maximum absolute atomic E-state index is 13.5. The molecule has 0 aliphatic carbocycles. The maximum Gasteiger partial charge on any atom is 0.458 e. The Hall–Kier alpha value is -0.176. The number of hydrogen-bond donors (Lipinski definition) is 0. The van der Waals surface area contributed by atoms with Gasteiger partial charge in [0.2, 0.25) is 0 Å². The highest BCUT2D eigenvalue weighted by Gasteiger charge is 2.74. The lowest BCUT2D eigenvalue weighted by atomic mass is 10.3. The number of alkyl halides is 7. The van der Waals surface area contributed by atoms with Gasteiger partial charge in [0, 0.05) is 0 Å². The highest BCUT2D eigenvalue weighted by molar-refractivity contribution is 6.93. The van der Waals surface area contributed by atoms with Crippen LogP contribution in [0.5, 0.6) is 0 Å². The highest BCUT2D eigenvalue weighted by Crippen LogP contribution is 2.46. The van der Waals surface area contributed by atoms with Gasteiger partial charge in [0.15, 0.2) is 0 Å². The van der Waals surface area contributed by atoms with Gasteiger partial charge in [-0.2, -0.15) is 30.7 Å². The van der Waals surface area contributed by atoms with Crippen LogP contribution in [0.4, 0.5) is 30.7 Å². The first kappa shape index (κ1) is 34.9. The van der Waals surface area contributed by atoms with Gasteiger partial charge in [-0.3, -0.25) is 0 Å². The number of hydrogen-bond acceptors (Lipinski definition) is 8. The Labute approximate surface area is 217 Å². The second-order valence-corrected chi connectivity index (χ2v) is 28.5. The monoisotopic (exact) mass is 640 g/mol. The summed E-state index contributed by atoms with van der Waals surface area (Å²) in [6.07, 6.45) is -12.8. The van der Waals surface area contributed by atoms with Gasteiger partial charge in [-0.1, -0.05) is 0 Å². The van der Waals surface area contributed by atoms with Crippen LogP contribution in [0.2, 0.25) is 65.0 Å². The first-order chi connectivity index (χ1) is 16.1. The molecule has 0 amide bonds. The second-order valence-electron chi connectivity index (χ2n) is 10.4. The largest absolute Gasteiger partial charge is 0.464 e. The smallest absolute Gasteiger partial charge is 0.458 e. The maximum atomic E-state index is 13.5. The van der Waals surface area contributed by atoms with Gasteiger partial charge in [0.25, 0.3) is 0 Å². The van der Waals surface area contributed by atoms with Gasteiger partial charge < -0.3 is 30.0 Å². The van der Waals surface area contributed by atoms with Crippen LogP contribution in [0.15, 0.2) is 0 Å². The van der Waals surface area contributed by atoms with Gasteiger partial charge >= 0.3 is 67.0 Å². The molecule has 1 fully saturated rings. The van der Waals surface area contributed by atoms with Crippen molar-refractivity contribution in [1.29, 1.82) is 0 Å². The second kappa shape index (κ2) is 11.4. The lowest BCUT2D eigenvalue weighted by Gasteiger charge is -2.47. The molecule has 0 saturated carbocycles. The van der Waals surface area contributed by atoms with Crippen LogP contribution in [0, 0.1) is 0 Å². The summed E-state index contributed by atoms with van der Waals surface area (Å²) in [5, 5.41) is 0. The van der Waals surface area contributed by atoms with Crippen LogP contribution in [0.25, 0.3) is 0 Å². The lowest BCUT2D eigenvalue weighted by molar-refractivity contribution is -0.428. The van der Waals surface area contributed by atoms with Gasteiger partial charge in [0.1, 0.15) is 6.61 Å². The van der Waals surface area contributed by atoms with Gasteiger partial charge in [-0.05, 0) is 71.4 Å². The molecule has 1 aliphatic heterocycles. The molecule has 0 spiro atoms. The minimum absolute atomic E-state index is 0.0981. The lowest BCUT2D eigenvalue weighted by Crippen LogP contribution is -2.64. The van der Waals surface area contributed by atoms with Crippen molar-refractivity contribution in [3.05, 3.63) is 0 Å². The van der Waals surface area contributed by atoms with Crippen molar-refractivity contribution in [3.8, 4) is 0 Å². The summed E-state index contributed by atoms with van der Waals surface area (Å²) >= 11 is 0. The molecule has 1 heterocycles. The Balaban J connectivity index is 2.86. The molecule has 8 nitrogen and oxygen atoms in total. The molecule has 0 aromatic heterocycles. The van der Waals surface area contributed by atoms with Gasteiger partial charge in [0.05, 0.1) is 6.61 Å². The third-order valence-electron chi connectivity index (χ3n) is 4.55. The number of carbonyl (C=O) groups is 1. The molecule has 1 rings (SSSR count). The van der Waals surface area contributed by atoms with E-state index in [9.17, 15) is 35.5 Å². The van der Waals surface area contributed by atoms with E-state index in [0.29, 0.717) is 0 Å². The zero-order valence-corrected chi connectivity index (χ0v) is 27.2. The summed E-state index contributed by atoms with van der Waals surface area (Å²) in [6, 6.07) is 0.240.